The minimum atomic E-state index is 0.314. The van der Waals surface area contributed by atoms with E-state index in [4.69, 9.17) is 0 Å². The molecule has 0 aromatic heterocycles. The van der Waals surface area contributed by atoms with Crippen LogP contribution in [-0.4, -0.2) is 47.6 Å². The number of thioether (sulfide) groups is 1. The van der Waals surface area contributed by atoms with E-state index in [2.05, 4.69) is 37.6 Å². The molecule has 0 amide bonds. The molecule has 1 rings (SSSR count). The summed E-state index contributed by atoms with van der Waals surface area (Å²) in [4.78, 5) is 2.68. The third-order valence-electron chi connectivity index (χ3n) is 3.84. The molecule has 1 saturated heterocycles. The van der Waals surface area contributed by atoms with Gasteiger partial charge >= 0.3 is 0 Å². The first kappa shape index (κ1) is 15.1. The van der Waals surface area contributed by atoms with E-state index in [1.165, 1.54) is 31.7 Å². The Balaban J connectivity index is 2.42. The summed E-state index contributed by atoms with van der Waals surface area (Å²) in [5.41, 5.74) is 0.314. The number of rotatable bonds is 7. The summed E-state index contributed by atoms with van der Waals surface area (Å²) in [7, 11) is 0. The van der Waals surface area contributed by atoms with Crippen LogP contribution in [0.4, 0.5) is 0 Å². The molecule has 1 fully saturated rings. The molecule has 100 valence electrons. The Morgan fingerprint density at radius 2 is 2.29 bits per heavy atom. The molecule has 1 heterocycles. The highest BCUT2D eigenvalue weighted by molar-refractivity contribution is 7.99. The van der Waals surface area contributed by atoms with Crippen molar-refractivity contribution >= 4 is 11.8 Å². The Morgan fingerprint density at radius 3 is 2.88 bits per heavy atom. The first-order valence-corrected chi connectivity index (χ1v) is 7.98. The highest BCUT2D eigenvalue weighted by atomic mass is 32.2. The van der Waals surface area contributed by atoms with Crippen molar-refractivity contribution < 1.29 is 0 Å². The SMILES string of the molecule is C=CCSCCN1CC(C)(CC)NCC1CC. The lowest BCUT2D eigenvalue weighted by molar-refractivity contribution is 0.0884. The van der Waals surface area contributed by atoms with Gasteiger partial charge in [0.2, 0.25) is 0 Å². The Labute approximate surface area is 111 Å². The van der Waals surface area contributed by atoms with E-state index in [9.17, 15) is 0 Å². The number of piperazine rings is 1. The van der Waals surface area contributed by atoms with Crippen LogP contribution in [0.5, 0.6) is 0 Å². The van der Waals surface area contributed by atoms with Crippen LogP contribution in [-0.2, 0) is 0 Å². The van der Waals surface area contributed by atoms with Gasteiger partial charge in [0.1, 0.15) is 0 Å². The van der Waals surface area contributed by atoms with Crippen molar-refractivity contribution in [3.8, 4) is 0 Å². The fourth-order valence-corrected chi connectivity index (χ4v) is 3.07. The molecule has 17 heavy (non-hydrogen) atoms. The monoisotopic (exact) mass is 256 g/mol. The Morgan fingerprint density at radius 1 is 1.53 bits per heavy atom. The highest BCUT2D eigenvalue weighted by Gasteiger charge is 2.33. The van der Waals surface area contributed by atoms with Crippen LogP contribution in [0.15, 0.2) is 12.7 Å². The molecule has 0 bridgehead atoms. The summed E-state index contributed by atoms with van der Waals surface area (Å²) in [6, 6.07) is 0.721. The third-order valence-corrected chi connectivity index (χ3v) is 4.79. The van der Waals surface area contributed by atoms with Gasteiger partial charge in [-0.25, -0.2) is 0 Å². The predicted molar refractivity (Wildman–Crippen MR) is 79.9 cm³/mol. The molecule has 1 aliphatic heterocycles. The van der Waals surface area contributed by atoms with Gasteiger partial charge in [0.15, 0.2) is 0 Å². The fraction of sp³-hybridized carbons (Fsp3) is 0.857. The summed E-state index contributed by atoms with van der Waals surface area (Å²) < 4.78 is 0. The van der Waals surface area contributed by atoms with E-state index in [1.807, 2.05) is 17.8 Å². The van der Waals surface area contributed by atoms with Gasteiger partial charge in [-0.15, -0.1) is 6.58 Å². The second-order valence-corrected chi connectivity index (χ2v) is 6.34. The molecular formula is C14H28N2S. The smallest absolute Gasteiger partial charge is 0.0278 e. The summed E-state index contributed by atoms with van der Waals surface area (Å²) in [6.45, 7) is 14.2. The molecule has 0 aromatic carbocycles. The van der Waals surface area contributed by atoms with Crippen LogP contribution in [0.2, 0.25) is 0 Å². The standard InChI is InChI=1S/C14H28N2S/c1-5-9-17-10-8-16-12-14(4,7-3)15-11-13(16)6-2/h5,13,15H,1,6-12H2,2-4H3. The molecule has 0 spiro atoms. The Hall–Kier alpha value is 0.01000. The van der Waals surface area contributed by atoms with Crippen LogP contribution < -0.4 is 5.32 Å². The molecule has 1 aliphatic rings. The lowest BCUT2D eigenvalue weighted by Gasteiger charge is -2.46. The van der Waals surface area contributed by atoms with Crippen LogP contribution in [0.1, 0.15) is 33.6 Å². The number of hydrogen-bond acceptors (Lipinski definition) is 3. The third kappa shape index (κ3) is 4.65. The van der Waals surface area contributed by atoms with Crippen molar-refractivity contribution in [2.45, 2.75) is 45.2 Å². The second-order valence-electron chi connectivity index (χ2n) is 5.19. The normalized spacial score (nSPS) is 30.4. The maximum Gasteiger partial charge on any atom is 0.0278 e. The minimum absolute atomic E-state index is 0.314. The lowest BCUT2D eigenvalue weighted by Crippen LogP contribution is -2.62. The zero-order valence-electron chi connectivity index (χ0n) is 11.7. The molecule has 0 aromatic rings. The van der Waals surface area contributed by atoms with Gasteiger partial charge in [-0.3, -0.25) is 4.90 Å². The molecule has 3 heteroatoms. The van der Waals surface area contributed by atoms with Crippen molar-refractivity contribution in [3.05, 3.63) is 12.7 Å². The fourth-order valence-electron chi connectivity index (χ4n) is 2.38. The molecule has 0 saturated carbocycles. The van der Waals surface area contributed by atoms with E-state index in [0.717, 1.165) is 18.3 Å². The largest absolute Gasteiger partial charge is 0.309 e. The van der Waals surface area contributed by atoms with Crippen molar-refractivity contribution in [2.24, 2.45) is 0 Å². The topological polar surface area (TPSA) is 15.3 Å². The first-order valence-electron chi connectivity index (χ1n) is 6.83. The van der Waals surface area contributed by atoms with Gasteiger partial charge in [0.05, 0.1) is 0 Å². The van der Waals surface area contributed by atoms with Gasteiger partial charge in [0, 0.05) is 42.7 Å². The van der Waals surface area contributed by atoms with E-state index < -0.39 is 0 Å². The summed E-state index contributed by atoms with van der Waals surface area (Å²) >= 11 is 1.99. The van der Waals surface area contributed by atoms with Crippen molar-refractivity contribution in [1.29, 1.82) is 0 Å². The summed E-state index contributed by atoms with van der Waals surface area (Å²) in [6.07, 6.45) is 4.45. The van der Waals surface area contributed by atoms with Gasteiger partial charge in [-0.1, -0.05) is 19.9 Å². The maximum atomic E-state index is 3.77. The number of nitrogens with one attached hydrogen (secondary N) is 1. The average molecular weight is 256 g/mol. The van der Waals surface area contributed by atoms with Crippen LogP contribution in [0, 0.1) is 0 Å². The molecule has 1 N–H and O–H groups in total. The summed E-state index contributed by atoms with van der Waals surface area (Å²) in [5.74, 6) is 2.30. The van der Waals surface area contributed by atoms with Gasteiger partial charge in [-0.2, -0.15) is 11.8 Å². The molecule has 2 atom stereocenters. The predicted octanol–water partition coefficient (Wildman–Crippen LogP) is 2.76. The molecular weight excluding hydrogens is 228 g/mol. The van der Waals surface area contributed by atoms with Gasteiger partial charge in [-0.05, 0) is 19.8 Å². The van der Waals surface area contributed by atoms with E-state index in [0.29, 0.717) is 5.54 Å². The zero-order valence-corrected chi connectivity index (χ0v) is 12.5. The Kier molecular flexibility index (Phi) is 6.60. The van der Waals surface area contributed by atoms with Crippen LogP contribution >= 0.6 is 11.8 Å². The van der Waals surface area contributed by atoms with Crippen molar-refractivity contribution in [3.63, 3.8) is 0 Å². The van der Waals surface area contributed by atoms with Crippen LogP contribution in [0.25, 0.3) is 0 Å². The maximum absolute atomic E-state index is 3.77. The first-order chi connectivity index (χ1) is 8.15. The quantitative estimate of drug-likeness (QED) is 0.557. The minimum Gasteiger partial charge on any atom is -0.309 e. The highest BCUT2D eigenvalue weighted by Crippen LogP contribution is 2.20. The van der Waals surface area contributed by atoms with Gasteiger partial charge < -0.3 is 5.32 Å². The van der Waals surface area contributed by atoms with E-state index in [-0.39, 0.29) is 0 Å². The van der Waals surface area contributed by atoms with Gasteiger partial charge in [0.25, 0.3) is 0 Å². The molecule has 2 unspecified atom stereocenters. The zero-order chi connectivity index (χ0) is 12.7. The van der Waals surface area contributed by atoms with E-state index in [1.54, 1.807) is 0 Å². The average Bonchev–Trinajstić information content (AvgIpc) is 2.35. The van der Waals surface area contributed by atoms with E-state index >= 15 is 0 Å². The van der Waals surface area contributed by atoms with Crippen molar-refractivity contribution in [1.82, 2.24) is 10.2 Å². The molecule has 0 aliphatic carbocycles. The van der Waals surface area contributed by atoms with Crippen molar-refractivity contribution in [2.75, 3.05) is 31.1 Å². The summed E-state index contributed by atoms with van der Waals surface area (Å²) in [5, 5.41) is 3.71. The Bertz CT molecular complexity index is 232. The van der Waals surface area contributed by atoms with Crippen LogP contribution in [0.3, 0.4) is 0 Å². The molecule has 2 nitrogen and oxygen atoms in total. The molecule has 0 radical (unpaired) electrons. The lowest BCUT2D eigenvalue weighted by atomic mass is 9.93. The number of hydrogen-bond donors (Lipinski definition) is 1. The number of nitrogens with zero attached hydrogens (tertiary/aromatic N) is 1. The second kappa shape index (κ2) is 7.45.